The van der Waals surface area contributed by atoms with E-state index in [-0.39, 0.29) is 11.9 Å². The van der Waals surface area contributed by atoms with Gasteiger partial charge in [0.15, 0.2) is 0 Å². The summed E-state index contributed by atoms with van der Waals surface area (Å²) < 4.78 is 0. The maximum Gasteiger partial charge on any atom is 0.253 e. The molecule has 0 fully saturated rings. The van der Waals surface area contributed by atoms with Crippen LogP contribution < -0.4 is 10.6 Å². The third-order valence-electron chi connectivity index (χ3n) is 3.65. The molecule has 0 saturated heterocycles. The van der Waals surface area contributed by atoms with Crippen molar-refractivity contribution >= 4 is 23.2 Å². The maximum atomic E-state index is 12.4. The van der Waals surface area contributed by atoms with Crippen LogP contribution in [-0.4, -0.2) is 18.5 Å². The van der Waals surface area contributed by atoms with E-state index in [4.69, 9.17) is 11.6 Å². The van der Waals surface area contributed by atoms with Gasteiger partial charge >= 0.3 is 0 Å². The van der Waals surface area contributed by atoms with Crippen molar-refractivity contribution in [3.8, 4) is 0 Å². The van der Waals surface area contributed by atoms with Crippen molar-refractivity contribution in [2.45, 2.75) is 46.6 Å². The van der Waals surface area contributed by atoms with Crippen molar-refractivity contribution in [2.75, 3.05) is 11.9 Å². The Kier molecular flexibility index (Phi) is 6.86. The predicted molar refractivity (Wildman–Crippen MR) is 86.6 cm³/mol. The lowest BCUT2D eigenvalue weighted by Gasteiger charge is -2.21. The van der Waals surface area contributed by atoms with Crippen LogP contribution in [0.2, 0.25) is 5.02 Å². The summed E-state index contributed by atoms with van der Waals surface area (Å²) in [7, 11) is 0. The van der Waals surface area contributed by atoms with Crippen molar-refractivity contribution in [1.82, 2.24) is 5.32 Å². The number of rotatable bonds is 7. The highest BCUT2D eigenvalue weighted by atomic mass is 35.5. The molecule has 0 spiro atoms. The maximum absolute atomic E-state index is 12.4. The van der Waals surface area contributed by atoms with Gasteiger partial charge in [0.2, 0.25) is 0 Å². The molecule has 1 amide bonds. The van der Waals surface area contributed by atoms with Crippen LogP contribution in [0.1, 0.15) is 50.9 Å². The molecule has 0 aliphatic rings. The van der Waals surface area contributed by atoms with Gasteiger partial charge in [0.1, 0.15) is 0 Å². The van der Waals surface area contributed by atoms with E-state index in [9.17, 15) is 4.79 Å². The smallest absolute Gasteiger partial charge is 0.253 e. The molecule has 20 heavy (non-hydrogen) atoms. The first-order valence-electron chi connectivity index (χ1n) is 7.33. The number of nitrogens with one attached hydrogen (secondary N) is 2. The second kappa shape index (κ2) is 8.15. The van der Waals surface area contributed by atoms with Crippen LogP contribution in [0.5, 0.6) is 0 Å². The summed E-state index contributed by atoms with van der Waals surface area (Å²) >= 11 is 6.01. The lowest BCUT2D eigenvalue weighted by atomic mass is 10.0. The second-order valence-electron chi connectivity index (χ2n) is 5.26. The standard InChI is InChI=1S/C16H25ClN2O/c1-5-9-18-15-8-7-13(17)10-14(15)16(20)19-12(4)11(3)6-2/h7-8,10-12,18H,5-6,9H2,1-4H3,(H,19,20). The molecule has 0 radical (unpaired) electrons. The van der Waals surface area contributed by atoms with Crippen LogP contribution in [0.15, 0.2) is 18.2 Å². The topological polar surface area (TPSA) is 41.1 Å². The number of halogens is 1. The summed E-state index contributed by atoms with van der Waals surface area (Å²) in [6.07, 6.45) is 2.05. The highest BCUT2D eigenvalue weighted by Gasteiger charge is 2.17. The first-order chi connectivity index (χ1) is 9.49. The molecule has 1 aromatic carbocycles. The van der Waals surface area contributed by atoms with E-state index in [0.717, 1.165) is 25.1 Å². The van der Waals surface area contributed by atoms with Crippen molar-refractivity contribution in [2.24, 2.45) is 5.92 Å². The lowest BCUT2D eigenvalue weighted by Crippen LogP contribution is -2.37. The highest BCUT2D eigenvalue weighted by Crippen LogP contribution is 2.21. The molecule has 0 heterocycles. The van der Waals surface area contributed by atoms with Gasteiger partial charge in [0.05, 0.1) is 5.56 Å². The van der Waals surface area contributed by atoms with Gasteiger partial charge in [-0.05, 0) is 37.5 Å². The molecular formula is C16H25ClN2O. The van der Waals surface area contributed by atoms with Gasteiger partial charge in [-0.2, -0.15) is 0 Å². The minimum Gasteiger partial charge on any atom is -0.384 e. The zero-order valence-corrected chi connectivity index (χ0v) is 13.6. The van der Waals surface area contributed by atoms with Gasteiger partial charge in [-0.25, -0.2) is 0 Å². The zero-order valence-electron chi connectivity index (χ0n) is 12.8. The molecule has 1 aromatic rings. The molecule has 112 valence electrons. The Hall–Kier alpha value is -1.22. The van der Waals surface area contributed by atoms with E-state index >= 15 is 0 Å². The molecule has 0 aliphatic carbocycles. The fraction of sp³-hybridized carbons (Fsp3) is 0.562. The molecule has 0 aliphatic heterocycles. The summed E-state index contributed by atoms with van der Waals surface area (Å²) in [5.74, 6) is 0.379. The summed E-state index contributed by atoms with van der Waals surface area (Å²) in [4.78, 5) is 12.4. The van der Waals surface area contributed by atoms with Gasteiger partial charge in [-0.15, -0.1) is 0 Å². The van der Waals surface area contributed by atoms with Crippen LogP contribution in [0, 0.1) is 5.92 Å². The number of carbonyl (C=O) groups excluding carboxylic acids is 1. The summed E-state index contributed by atoms with van der Waals surface area (Å²) in [6.45, 7) is 9.23. The Balaban J connectivity index is 2.87. The molecular weight excluding hydrogens is 272 g/mol. The van der Waals surface area contributed by atoms with E-state index in [1.54, 1.807) is 12.1 Å². The SMILES string of the molecule is CCCNc1ccc(Cl)cc1C(=O)NC(C)C(C)CC. The number of carbonyl (C=O) groups is 1. The molecule has 2 N–H and O–H groups in total. The number of anilines is 1. The molecule has 0 aromatic heterocycles. The fourth-order valence-electron chi connectivity index (χ4n) is 1.90. The van der Waals surface area contributed by atoms with Crippen LogP contribution >= 0.6 is 11.6 Å². The molecule has 0 bridgehead atoms. The highest BCUT2D eigenvalue weighted by molar-refractivity contribution is 6.31. The Morgan fingerprint density at radius 2 is 2.00 bits per heavy atom. The number of benzene rings is 1. The average Bonchev–Trinajstić information content (AvgIpc) is 2.44. The van der Waals surface area contributed by atoms with E-state index in [0.29, 0.717) is 16.5 Å². The van der Waals surface area contributed by atoms with Crippen LogP contribution in [-0.2, 0) is 0 Å². The van der Waals surface area contributed by atoms with Crippen molar-refractivity contribution in [1.29, 1.82) is 0 Å². The van der Waals surface area contributed by atoms with E-state index < -0.39 is 0 Å². The number of amides is 1. The molecule has 2 atom stereocenters. The number of hydrogen-bond donors (Lipinski definition) is 2. The summed E-state index contributed by atoms with van der Waals surface area (Å²) in [6, 6.07) is 5.53. The van der Waals surface area contributed by atoms with Crippen molar-refractivity contribution < 1.29 is 4.79 Å². The normalized spacial score (nSPS) is 13.7. The average molecular weight is 297 g/mol. The zero-order chi connectivity index (χ0) is 15.1. The molecule has 4 heteroatoms. The molecule has 1 rings (SSSR count). The molecule has 0 saturated carbocycles. The van der Waals surface area contributed by atoms with Gasteiger partial charge < -0.3 is 10.6 Å². The van der Waals surface area contributed by atoms with Crippen molar-refractivity contribution in [3.63, 3.8) is 0 Å². The third kappa shape index (κ3) is 4.71. The fourth-order valence-corrected chi connectivity index (χ4v) is 2.07. The minimum atomic E-state index is -0.0705. The van der Waals surface area contributed by atoms with Crippen LogP contribution in [0.3, 0.4) is 0 Å². The summed E-state index contributed by atoms with van der Waals surface area (Å²) in [5.41, 5.74) is 1.45. The Bertz CT molecular complexity index is 448. The second-order valence-corrected chi connectivity index (χ2v) is 5.70. The minimum absolute atomic E-state index is 0.0705. The largest absolute Gasteiger partial charge is 0.384 e. The van der Waals surface area contributed by atoms with E-state index in [2.05, 4.69) is 31.4 Å². The third-order valence-corrected chi connectivity index (χ3v) is 3.88. The van der Waals surface area contributed by atoms with Gasteiger partial charge in [0, 0.05) is 23.3 Å². The molecule has 3 nitrogen and oxygen atoms in total. The van der Waals surface area contributed by atoms with Crippen molar-refractivity contribution in [3.05, 3.63) is 28.8 Å². The van der Waals surface area contributed by atoms with Gasteiger partial charge in [-0.1, -0.05) is 38.8 Å². The number of hydrogen-bond acceptors (Lipinski definition) is 2. The van der Waals surface area contributed by atoms with Crippen LogP contribution in [0.4, 0.5) is 5.69 Å². The van der Waals surface area contributed by atoms with E-state index in [1.807, 2.05) is 13.0 Å². The molecule has 2 unspecified atom stereocenters. The predicted octanol–water partition coefficient (Wildman–Crippen LogP) is 4.33. The quantitative estimate of drug-likeness (QED) is 0.786. The lowest BCUT2D eigenvalue weighted by molar-refractivity contribution is 0.0929. The van der Waals surface area contributed by atoms with Gasteiger partial charge in [0.25, 0.3) is 5.91 Å². The first kappa shape index (κ1) is 16.8. The Labute approximate surface area is 127 Å². The summed E-state index contributed by atoms with van der Waals surface area (Å²) in [5, 5.41) is 6.90. The Morgan fingerprint density at radius 1 is 1.30 bits per heavy atom. The van der Waals surface area contributed by atoms with E-state index in [1.165, 1.54) is 0 Å². The van der Waals surface area contributed by atoms with Gasteiger partial charge in [-0.3, -0.25) is 4.79 Å². The van der Waals surface area contributed by atoms with Crippen LogP contribution in [0.25, 0.3) is 0 Å². The first-order valence-corrected chi connectivity index (χ1v) is 7.71. The Morgan fingerprint density at radius 3 is 2.60 bits per heavy atom. The monoisotopic (exact) mass is 296 g/mol.